The molecule has 0 bridgehead atoms. The summed E-state index contributed by atoms with van der Waals surface area (Å²) in [5.41, 5.74) is 6.61. The van der Waals surface area contributed by atoms with Gasteiger partial charge in [-0.2, -0.15) is 5.10 Å². The molecule has 1 amide bonds. The fraction of sp³-hybridized carbons (Fsp3) is 0.111. The number of carbonyl (C=O) groups is 1. The Balaban J connectivity index is 1.67. The van der Waals surface area contributed by atoms with Gasteiger partial charge >= 0.3 is 0 Å². The first kappa shape index (κ1) is 15.5. The molecular weight excluding hydrogens is 354 g/mol. The monoisotopic (exact) mass is 369 g/mol. The minimum Gasteiger partial charge on any atom is -0.358 e. The Hall–Kier alpha value is -2.40. The maximum Gasteiger partial charge on any atom is 0.244 e. The number of carbonyl (C=O) groups excluding carboxylic acids is 1. The zero-order chi connectivity index (χ0) is 16.2. The van der Waals surface area contributed by atoms with Crippen molar-refractivity contribution in [2.45, 2.75) is 13.3 Å². The molecular formula is C18H16BrN3O. The molecule has 0 spiro atoms. The summed E-state index contributed by atoms with van der Waals surface area (Å²) in [6, 6.07) is 15.7. The summed E-state index contributed by atoms with van der Waals surface area (Å²) in [4.78, 5) is 15.2. The number of aromatic nitrogens is 1. The van der Waals surface area contributed by atoms with Crippen LogP contribution in [-0.2, 0) is 11.2 Å². The number of fused-ring (bicyclic) bond motifs is 1. The maximum absolute atomic E-state index is 11.9. The van der Waals surface area contributed by atoms with Crippen LogP contribution < -0.4 is 5.43 Å². The summed E-state index contributed by atoms with van der Waals surface area (Å²) in [5, 5.41) is 5.18. The number of nitrogens with one attached hydrogen (secondary N) is 2. The van der Waals surface area contributed by atoms with Crippen LogP contribution in [-0.4, -0.2) is 17.1 Å². The van der Waals surface area contributed by atoms with Gasteiger partial charge in [0.05, 0.1) is 12.6 Å². The number of amides is 1. The van der Waals surface area contributed by atoms with Crippen molar-refractivity contribution in [1.82, 2.24) is 10.4 Å². The van der Waals surface area contributed by atoms with E-state index in [-0.39, 0.29) is 5.91 Å². The lowest BCUT2D eigenvalue weighted by Crippen LogP contribution is -2.19. The molecule has 0 aliphatic rings. The molecule has 23 heavy (non-hydrogen) atoms. The predicted molar refractivity (Wildman–Crippen MR) is 96.6 cm³/mol. The number of benzene rings is 2. The maximum atomic E-state index is 11.9. The van der Waals surface area contributed by atoms with E-state index in [0.29, 0.717) is 6.42 Å². The average molecular weight is 370 g/mol. The van der Waals surface area contributed by atoms with Crippen molar-refractivity contribution < 1.29 is 4.79 Å². The van der Waals surface area contributed by atoms with E-state index in [1.54, 1.807) is 6.21 Å². The van der Waals surface area contributed by atoms with Crippen molar-refractivity contribution in [3.05, 3.63) is 69.8 Å². The van der Waals surface area contributed by atoms with E-state index in [1.807, 2.05) is 55.5 Å². The highest BCUT2D eigenvalue weighted by Gasteiger charge is 2.06. The smallest absolute Gasteiger partial charge is 0.244 e. The fourth-order valence-electron chi connectivity index (χ4n) is 2.46. The minimum absolute atomic E-state index is 0.138. The van der Waals surface area contributed by atoms with Crippen LogP contribution in [0.5, 0.6) is 0 Å². The highest BCUT2D eigenvalue weighted by molar-refractivity contribution is 9.10. The quantitative estimate of drug-likeness (QED) is 0.531. The van der Waals surface area contributed by atoms with Crippen LogP contribution in [0.3, 0.4) is 0 Å². The zero-order valence-electron chi connectivity index (χ0n) is 12.6. The van der Waals surface area contributed by atoms with E-state index in [1.165, 1.54) is 0 Å². The number of nitrogens with zero attached hydrogens (tertiary/aromatic N) is 1. The lowest BCUT2D eigenvalue weighted by molar-refractivity contribution is -0.120. The number of H-pyrrole nitrogens is 1. The number of hydrogen-bond acceptors (Lipinski definition) is 2. The molecule has 0 atom stereocenters. The van der Waals surface area contributed by atoms with Crippen LogP contribution in [0.4, 0.5) is 0 Å². The van der Waals surface area contributed by atoms with Gasteiger partial charge in [-0.3, -0.25) is 4.79 Å². The summed E-state index contributed by atoms with van der Waals surface area (Å²) in [6.07, 6.45) is 1.99. The number of rotatable bonds is 4. The Kier molecular flexibility index (Phi) is 4.57. The molecule has 2 aromatic carbocycles. The van der Waals surface area contributed by atoms with Crippen LogP contribution in [0.15, 0.2) is 58.1 Å². The third kappa shape index (κ3) is 3.68. The van der Waals surface area contributed by atoms with Gasteiger partial charge in [0.2, 0.25) is 5.91 Å². The first-order valence-corrected chi connectivity index (χ1v) is 8.06. The van der Waals surface area contributed by atoms with E-state index in [2.05, 4.69) is 31.4 Å². The minimum atomic E-state index is -0.138. The number of halogens is 1. The topological polar surface area (TPSA) is 57.2 Å². The Morgan fingerprint density at radius 2 is 1.96 bits per heavy atom. The van der Waals surface area contributed by atoms with Crippen molar-refractivity contribution >= 4 is 39.0 Å². The fourth-order valence-corrected chi connectivity index (χ4v) is 2.73. The Morgan fingerprint density at radius 3 is 2.74 bits per heavy atom. The molecule has 3 rings (SSSR count). The van der Waals surface area contributed by atoms with Crippen LogP contribution in [0.25, 0.3) is 10.9 Å². The molecule has 0 aliphatic heterocycles. The molecule has 0 unspecified atom stereocenters. The number of aryl methyl sites for hydroxylation is 1. The van der Waals surface area contributed by atoms with E-state index in [9.17, 15) is 4.79 Å². The summed E-state index contributed by atoms with van der Waals surface area (Å²) >= 11 is 3.38. The molecule has 116 valence electrons. The molecule has 0 radical (unpaired) electrons. The van der Waals surface area contributed by atoms with E-state index >= 15 is 0 Å². The first-order valence-electron chi connectivity index (χ1n) is 7.27. The van der Waals surface area contributed by atoms with Crippen molar-refractivity contribution in [2.24, 2.45) is 5.10 Å². The lowest BCUT2D eigenvalue weighted by Gasteiger charge is -2.01. The van der Waals surface area contributed by atoms with Crippen molar-refractivity contribution in [3.63, 3.8) is 0 Å². The molecule has 4 nitrogen and oxygen atoms in total. The summed E-state index contributed by atoms with van der Waals surface area (Å²) < 4.78 is 0.995. The van der Waals surface area contributed by atoms with Gasteiger partial charge in [0.1, 0.15) is 0 Å². The normalized spacial score (nSPS) is 11.2. The van der Waals surface area contributed by atoms with E-state index in [4.69, 9.17) is 0 Å². The zero-order valence-corrected chi connectivity index (χ0v) is 14.2. The molecule has 0 aliphatic carbocycles. The van der Waals surface area contributed by atoms with Gasteiger partial charge in [0, 0.05) is 26.6 Å². The van der Waals surface area contributed by atoms with Gasteiger partial charge < -0.3 is 4.98 Å². The van der Waals surface area contributed by atoms with Gasteiger partial charge in [0.25, 0.3) is 0 Å². The number of para-hydroxylation sites is 1. The molecule has 1 heterocycles. The van der Waals surface area contributed by atoms with Gasteiger partial charge in [0.15, 0.2) is 0 Å². The Bertz CT molecular complexity index is 866. The van der Waals surface area contributed by atoms with Gasteiger partial charge in [-0.05, 0) is 30.7 Å². The van der Waals surface area contributed by atoms with Gasteiger partial charge in [-0.25, -0.2) is 5.43 Å². The van der Waals surface area contributed by atoms with Crippen LogP contribution >= 0.6 is 15.9 Å². The SMILES string of the molecule is Cc1[nH]c2ccccc2c1/C=N/NC(=O)Cc1ccc(Br)cc1. The Morgan fingerprint density at radius 1 is 1.22 bits per heavy atom. The molecule has 0 saturated heterocycles. The van der Waals surface area contributed by atoms with E-state index < -0.39 is 0 Å². The highest BCUT2D eigenvalue weighted by Crippen LogP contribution is 2.19. The first-order chi connectivity index (χ1) is 11.1. The van der Waals surface area contributed by atoms with Crippen molar-refractivity contribution in [1.29, 1.82) is 0 Å². The number of aromatic amines is 1. The van der Waals surface area contributed by atoms with Crippen LogP contribution in [0.2, 0.25) is 0 Å². The standard InChI is InChI=1S/C18H16BrN3O/c1-12-16(15-4-2-3-5-17(15)21-12)11-20-22-18(23)10-13-6-8-14(19)9-7-13/h2-9,11,21H,10H2,1H3,(H,22,23)/b20-11+. The summed E-state index contributed by atoms with van der Waals surface area (Å²) in [7, 11) is 0. The molecule has 2 N–H and O–H groups in total. The number of hydrogen-bond donors (Lipinski definition) is 2. The largest absolute Gasteiger partial charge is 0.358 e. The van der Waals surface area contributed by atoms with Crippen LogP contribution in [0.1, 0.15) is 16.8 Å². The second kappa shape index (κ2) is 6.79. The molecule has 0 saturated carbocycles. The van der Waals surface area contributed by atoms with E-state index in [0.717, 1.165) is 32.2 Å². The Labute approximate surface area is 142 Å². The predicted octanol–water partition coefficient (Wildman–Crippen LogP) is 3.93. The molecule has 5 heteroatoms. The van der Waals surface area contributed by atoms with Crippen molar-refractivity contribution in [2.75, 3.05) is 0 Å². The second-order valence-corrected chi connectivity index (χ2v) is 6.22. The van der Waals surface area contributed by atoms with Crippen molar-refractivity contribution in [3.8, 4) is 0 Å². The third-order valence-electron chi connectivity index (χ3n) is 3.60. The number of hydrazone groups is 1. The second-order valence-electron chi connectivity index (χ2n) is 5.31. The third-order valence-corrected chi connectivity index (χ3v) is 4.13. The van der Waals surface area contributed by atoms with Gasteiger partial charge in [-0.1, -0.05) is 46.3 Å². The molecule has 3 aromatic rings. The molecule has 1 aromatic heterocycles. The summed E-state index contributed by atoms with van der Waals surface area (Å²) in [5.74, 6) is -0.138. The van der Waals surface area contributed by atoms with Crippen LogP contribution in [0, 0.1) is 6.92 Å². The van der Waals surface area contributed by atoms with Gasteiger partial charge in [-0.15, -0.1) is 0 Å². The average Bonchev–Trinajstić information content (AvgIpc) is 2.86. The lowest BCUT2D eigenvalue weighted by atomic mass is 10.1. The highest BCUT2D eigenvalue weighted by atomic mass is 79.9. The summed E-state index contributed by atoms with van der Waals surface area (Å²) in [6.45, 7) is 1.99. The molecule has 0 fully saturated rings.